The predicted molar refractivity (Wildman–Crippen MR) is 91.6 cm³/mol. The molecule has 2 aromatic rings. The molecule has 29 heavy (non-hydrogen) atoms. The van der Waals surface area contributed by atoms with Crippen molar-refractivity contribution in [2.24, 2.45) is 0 Å². The monoisotopic (exact) mass is 420 g/mol. The van der Waals surface area contributed by atoms with Gasteiger partial charge in [0.05, 0.1) is 35.1 Å². The smallest absolute Gasteiger partial charge is 0.340 e. The number of nitrogens with zero attached hydrogens (tertiary/aromatic N) is 2. The number of imidazole rings is 1. The molecule has 1 aromatic carbocycles. The number of hydrogen-bond acceptors (Lipinski definition) is 3. The first-order valence-corrected chi connectivity index (χ1v) is 8.66. The summed E-state index contributed by atoms with van der Waals surface area (Å²) in [6.07, 6.45) is -8.71. The third kappa shape index (κ3) is 4.24. The van der Waals surface area contributed by atoms with Gasteiger partial charge in [0.25, 0.3) is 0 Å². The SMILES string of the molecule is CC(C)(c1ncc(-c2cc(C(F)(F)F)cc(C(F)(F)F)c2)[nH]1)N1CCNCC1=O. The van der Waals surface area contributed by atoms with Crippen LogP contribution in [-0.2, 0) is 22.7 Å². The van der Waals surface area contributed by atoms with E-state index in [-0.39, 0.29) is 35.6 Å². The zero-order valence-electron chi connectivity index (χ0n) is 15.5. The lowest BCUT2D eigenvalue weighted by molar-refractivity contribution is -0.143. The van der Waals surface area contributed by atoms with Gasteiger partial charge in [0.1, 0.15) is 5.82 Å². The standard InChI is InChI=1S/C18H18F6N4O/c1-16(2,28-4-3-25-9-14(28)29)15-26-8-13(27-15)10-5-11(17(19,20)21)7-12(6-10)18(22,23)24/h5-8,25H,3-4,9H2,1-2H3,(H,26,27). The van der Waals surface area contributed by atoms with E-state index in [0.29, 0.717) is 25.2 Å². The number of amides is 1. The van der Waals surface area contributed by atoms with Gasteiger partial charge in [-0.1, -0.05) is 0 Å². The summed E-state index contributed by atoms with van der Waals surface area (Å²) in [5.74, 6) is 0.0753. The van der Waals surface area contributed by atoms with Gasteiger partial charge in [-0.15, -0.1) is 0 Å². The summed E-state index contributed by atoms with van der Waals surface area (Å²) >= 11 is 0. The van der Waals surface area contributed by atoms with Crippen molar-refractivity contribution in [1.82, 2.24) is 20.2 Å². The third-order valence-corrected chi connectivity index (χ3v) is 4.82. The summed E-state index contributed by atoms with van der Waals surface area (Å²) in [6.45, 7) is 4.49. The normalized spacial score (nSPS) is 16.4. The first kappa shape index (κ1) is 21.2. The molecule has 2 heterocycles. The van der Waals surface area contributed by atoms with Crippen LogP contribution in [0.15, 0.2) is 24.4 Å². The van der Waals surface area contributed by atoms with Gasteiger partial charge < -0.3 is 15.2 Å². The van der Waals surface area contributed by atoms with E-state index in [9.17, 15) is 31.1 Å². The number of alkyl halides is 6. The number of carbonyl (C=O) groups excluding carboxylic acids is 1. The first-order chi connectivity index (χ1) is 13.3. The molecule has 0 spiro atoms. The Morgan fingerprint density at radius 2 is 1.59 bits per heavy atom. The summed E-state index contributed by atoms with van der Waals surface area (Å²) in [7, 11) is 0. The molecule has 158 valence electrons. The van der Waals surface area contributed by atoms with Crippen molar-refractivity contribution >= 4 is 5.91 Å². The molecule has 1 amide bonds. The Hall–Kier alpha value is -2.56. The molecule has 0 bridgehead atoms. The number of rotatable bonds is 3. The molecule has 1 aliphatic heterocycles. The van der Waals surface area contributed by atoms with E-state index in [1.165, 1.54) is 6.20 Å². The lowest BCUT2D eigenvalue weighted by Gasteiger charge is -2.39. The molecule has 1 saturated heterocycles. The van der Waals surface area contributed by atoms with E-state index >= 15 is 0 Å². The van der Waals surface area contributed by atoms with E-state index in [2.05, 4.69) is 15.3 Å². The largest absolute Gasteiger partial charge is 0.416 e. The average Bonchev–Trinajstić information content (AvgIpc) is 3.11. The molecule has 5 nitrogen and oxygen atoms in total. The zero-order chi connectivity index (χ0) is 21.6. The van der Waals surface area contributed by atoms with Crippen LogP contribution in [0.4, 0.5) is 26.3 Å². The molecule has 1 aliphatic rings. The van der Waals surface area contributed by atoms with Crippen molar-refractivity contribution in [3.63, 3.8) is 0 Å². The fraction of sp³-hybridized carbons (Fsp3) is 0.444. The Labute approximate surface area is 162 Å². The molecule has 0 saturated carbocycles. The van der Waals surface area contributed by atoms with Crippen LogP contribution in [0, 0.1) is 0 Å². The maximum atomic E-state index is 13.1. The van der Waals surface area contributed by atoms with Crippen LogP contribution in [0.2, 0.25) is 0 Å². The van der Waals surface area contributed by atoms with Crippen LogP contribution < -0.4 is 5.32 Å². The van der Waals surface area contributed by atoms with Gasteiger partial charge >= 0.3 is 12.4 Å². The lowest BCUT2D eigenvalue weighted by atomic mass is 10.0. The fourth-order valence-corrected chi connectivity index (χ4v) is 3.21. The molecule has 3 rings (SSSR count). The topological polar surface area (TPSA) is 61.0 Å². The molecule has 1 aromatic heterocycles. The van der Waals surface area contributed by atoms with Crippen molar-refractivity contribution in [2.45, 2.75) is 31.7 Å². The summed E-state index contributed by atoms with van der Waals surface area (Å²) in [6, 6.07) is 1.34. The van der Waals surface area contributed by atoms with Gasteiger partial charge in [-0.2, -0.15) is 26.3 Å². The first-order valence-electron chi connectivity index (χ1n) is 8.66. The molecule has 11 heteroatoms. The number of nitrogens with one attached hydrogen (secondary N) is 2. The Kier molecular flexibility index (Phi) is 5.14. The Balaban J connectivity index is 2.02. The Morgan fingerprint density at radius 3 is 2.10 bits per heavy atom. The van der Waals surface area contributed by atoms with Crippen LogP contribution in [0.5, 0.6) is 0 Å². The van der Waals surface area contributed by atoms with Crippen LogP contribution in [0.1, 0.15) is 30.8 Å². The number of carbonyl (C=O) groups is 1. The molecular weight excluding hydrogens is 402 g/mol. The summed E-state index contributed by atoms with van der Waals surface area (Å²) < 4.78 is 78.5. The van der Waals surface area contributed by atoms with Gasteiger partial charge in [0.15, 0.2) is 0 Å². The maximum Gasteiger partial charge on any atom is 0.416 e. The second kappa shape index (κ2) is 7.05. The van der Waals surface area contributed by atoms with E-state index in [4.69, 9.17) is 0 Å². The van der Waals surface area contributed by atoms with E-state index in [1.807, 2.05) is 0 Å². The zero-order valence-corrected chi connectivity index (χ0v) is 15.5. The number of H-pyrrole nitrogens is 1. The molecule has 1 fully saturated rings. The van der Waals surface area contributed by atoms with Crippen molar-refractivity contribution in [1.29, 1.82) is 0 Å². The number of hydrogen-bond donors (Lipinski definition) is 2. The van der Waals surface area contributed by atoms with Crippen LogP contribution >= 0.6 is 0 Å². The summed E-state index contributed by atoms with van der Waals surface area (Å²) in [5.41, 5.74) is -4.04. The molecule has 0 aliphatic carbocycles. The van der Waals surface area contributed by atoms with Gasteiger partial charge in [0.2, 0.25) is 5.91 Å². The highest BCUT2D eigenvalue weighted by atomic mass is 19.4. The van der Waals surface area contributed by atoms with Gasteiger partial charge in [0, 0.05) is 18.7 Å². The number of halogens is 6. The van der Waals surface area contributed by atoms with E-state index < -0.39 is 29.0 Å². The summed E-state index contributed by atoms with van der Waals surface area (Å²) in [4.78, 5) is 20.6. The lowest BCUT2D eigenvalue weighted by Crippen LogP contribution is -2.55. The van der Waals surface area contributed by atoms with Crippen molar-refractivity contribution in [3.8, 4) is 11.3 Å². The molecular formula is C18H18F6N4O. The van der Waals surface area contributed by atoms with Crippen LogP contribution in [0.3, 0.4) is 0 Å². The molecule has 0 radical (unpaired) electrons. The number of aromatic amines is 1. The van der Waals surface area contributed by atoms with Crippen molar-refractivity contribution in [2.75, 3.05) is 19.6 Å². The highest BCUT2D eigenvalue weighted by Crippen LogP contribution is 2.38. The fourth-order valence-electron chi connectivity index (χ4n) is 3.21. The number of aromatic nitrogens is 2. The van der Waals surface area contributed by atoms with Crippen LogP contribution in [0.25, 0.3) is 11.3 Å². The molecule has 2 N–H and O–H groups in total. The highest BCUT2D eigenvalue weighted by molar-refractivity contribution is 5.80. The number of benzene rings is 1. The van der Waals surface area contributed by atoms with Crippen molar-refractivity contribution in [3.05, 3.63) is 41.3 Å². The third-order valence-electron chi connectivity index (χ3n) is 4.82. The minimum absolute atomic E-state index is 0.00717. The second-order valence-corrected chi connectivity index (χ2v) is 7.22. The Bertz CT molecular complexity index is 884. The maximum absolute atomic E-state index is 13.1. The predicted octanol–water partition coefficient (Wildman–Crippen LogP) is 3.78. The van der Waals surface area contributed by atoms with E-state index in [1.54, 1.807) is 18.7 Å². The van der Waals surface area contributed by atoms with E-state index in [0.717, 1.165) is 0 Å². The highest BCUT2D eigenvalue weighted by Gasteiger charge is 2.38. The molecule has 0 unspecified atom stereocenters. The van der Waals surface area contributed by atoms with Gasteiger partial charge in [-0.3, -0.25) is 4.79 Å². The van der Waals surface area contributed by atoms with Crippen LogP contribution in [-0.4, -0.2) is 40.4 Å². The molecule has 0 atom stereocenters. The Morgan fingerprint density at radius 1 is 1.00 bits per heavy atom. The number of piperazine rings is 1. The average molecular weight is 420 g/mol. The minimum Gasteiger partial charge on any atom is -0.340 e. The minimum atomic E-state index is -4.94. The second-order valence-electron chi connectivity index (χ2n) is 7.22. The van der Waals surface area contributed by atoms with Crippen molar-refractivity contribution < 1.29 is 31.1 Å². The van der Waals surface area contributed by atoms with Gasteiger partial charge in [-0.25, -0.2) is 4.98 Å². The quantitative estimate of drug-likeness (QED) is 0.743. The summed E-state index contributed by atoms with van der Waals surface area (Å²) in [5, 5.41) is 2.92. The van der Waals surface area contributed by atoms with Gasteiger partial charge in [-0.05, 0) is 32.0 Å².